The first kappa shape index (κ1) is 16.5. The molecule has 0 aliphatic heterocycles. The van der Waals surface area contributed by atoms with Crippen molar-refractivity contribution in [2.75, 3.05) is 5.32 Å². The first-order valence-electron chi connectivity index (χ1n) is 7.12. The Morgan fingerprint density at radius 1 is 1.22 bits per heavy atom. The number of hydrogen-bond acceptors (Lipinski definition) is 5. The summed E-state index contributed by atoms with van der Waals surface area (Å²) in [6.45, 7) is 5.35. The number of nitrogens with one attached hydrogen (secondary N) is 1. The average Bonchev–Trinajstić information content (AvgIpc) is 2.49. The summed E-state index contributed by atoms with van der Waals surface area (Å²) in [6, 6.07) is 8.02. The smallest absolute Gasteiger partial charge is 0.293 e. The third kappa shape index (κ3) is 3.66. The van der Waals surface area contributed by atoms with Crippen molar-refractivity contribution in [1.82, 2.24) is 0 Å². The number of nitro groups is 1. The van der Waals surface area contributed by atoms with Crippen LogP contribution >= 0.6 is 0 Å². The molecule has 2 aromatic carbocycles. The lowest BCUT2D eigenvalue weighted by Crippen LogP contribution is -2.04. The summed E-state index contributed by atoms with van der Waals surface area (Å²) in [5, 5.41) is 24.0. The van der Waals surface area contributed by atoms with Crippen LogP contribution in [0.5, 0.6) is 5.75 Å². The minimum Gasteiger partial charge on any atom is -0.507 e. The molecular formula is C17H18N2O4. The summed E-state index contributed by atoms with van der Waals surface area (Å²) in [5.41, 5.74) is 2.93. The molecule has 0 heterocycles. The van der Waals surface area contributed by atoms with Gasteiger partial charge < -0.3 is 10.4 Å². The van der Waals surface area contributed by atoms with Crippen LogP contribution in [-0.2, 0) is 6.54 Å². The fourth-order valence-electron chi connectivity index (χ4n) is 2.40. The van der Waals surface area contributed by atoms with E-state index in [0.29, 0.717) is 17.8 Å². The van der Waals surface area contributed by atoms with E-state index in [0.717, 1.165) is 16.7 Å². The summed E-state index contributed by atoms with van der Waals surface area (Å²) >= 11 is 0. The number of nitro benzene ring substituents is 1. The zero-order valence-electron chi connectivity index (χ0n) is 13.2. The van der Waals surface area contributed by atoms with Gasteiger partial charge in [-0.05, 0) is 49.6 Å². The third-order valence-corrected chi connectivity index (χ3v) is 3.63. The lowest BCUT2D eigenvalue weighted by molar-refractivity contribution is -0.384. The monoisotopic (exact) mass is 314 g/mol. The molecule has 0 bridgehead atoms. The molecule has 0 aliphatic carbocycles. The van der Waals surface area contributed by atoms with Gasteiger partial charge in [0.25, 0.3) is 5.69 Å². The topological polar surface area (TPSA) is 92.5 Å². The predicted molar refractivity (Wildman–Crippen MR) is 88.0 cm³/mol. The number of phenols is 1. The standard InChI is InChI=1S/C17H18N2O4/c1-10-6-13(7-11(2)17(10)21)9-18-15-5-4-14(12(3)20)8-16(15)19(22)23/h4-8,18,21H,9H2,1-3H3. The lowest BCUT2D eigenvalue weighted by atomic mass is 10.1. The van der Waals surface area contributed by atoms with Crippen molar-refractivity contribution in [2.24, 2.45) is 0 Å². The highest BCUT2D eigenvalue weighted by atomic mass is 16.6. The Bertz CT molecular complexity index is 761. The number of aromatic hydroxyl groups is 1. The van der Waals surface area contributed by atoms with Gasteiger partial charge in [-0.3, -0.25) is 14.9 Å². The molecule has 2 N–H and O–H groups in total. The number of Topliss-reactive ketones (excluding diaryl/α,β-unsaturated/α-hetero) is 1. The number of carbonyl (C=O) groups excluding carboxylic acids is 1. The highest BCUT2D eigenvalue weighted by Gasteiger charge is 2.16. The van der Waals surface area contributed by atoms with Gasteiger partial charge in [0.1, 0.15) is 11.4 Å². The number of hydrogen-bond donors (Lipinski definition) is 2. The molecule has 6 heteroatoms. The van der Waals surface area contributed by atoms with Crippen LogP contribution in [0.1, 0.15) is 34.0 Å². The van der Waals surface area contributed by atoms with E-state index in [4.69, 9.17) is 0 Å². The minimum atomic E-state index is -0.512. The number of anilines is 1. The Hall–Kier alpha value is -2.89. The number of benzene rings is 2. The molecule has 6 nitrogen and oxygen atoms in total. The van der Waals surface area contributed by atoms with Gasteiger partial charge in [0, 0.05) is 18.2 Å². The average molecular weight is 314 g/mol. The van der Waals surface area contributed by atoms with Gasteiger partial charge in [0.2, 0.25) is 0 Å². The normalized spacial score (nSPS) is 10.4. The maximum absolute atomic E-state index is 11.4. The van der Waals surface area contributed by atoms with Gasteiger partial charge in [-0.25, -0.2) is 0 Å². The largest absolute Gasteiger partial charge is 0.507 e. The molecule has 0 radical (unpaired) electrons. The highest BCUT2D eigenvalue weighted by molar-refractivity contribution is 5.95. The first-order chi connectivity index (χ1) is 10.8. The Kier molecular flexibility index (Phi) is 4.64. The molecule has 0 aliphatic rings. The van der Waals surface area contributed by atoms with Crippen LogP contribution in [0.4, 0.5) is 11.4 Å². The van der Waals surface area contributed by atoms with E-state index in [1.54, 1.807) is 19.9 Å². The molecule has 120 valence electrons. The molecule has 23 heavy (non-hydrogen) atoms. The van der Waals surface area contributed by atoms with Gasteiger partial charge in [0.05, 0.1) is 4.92 Å². The summed E-state index contributed by atoms with van der Waals surface area (Å²) in [4.78, 5) is 22.0. The summed E-state index contributed by atoms with van der Waals surface area (Å²) in [6.07, 6.45) is 0. The minimum absolute atomic E-state index is 0.134. The number of carbonyl (C=O) groups is 1. The van der Waals surface area contributed by atoms with Crippen LogP contribution in [0.2, 0.25) is 0 Å². The Morgan fingerprint density at radius 3 is 2.35 bits per heavy atom. The van der Waals surface area contributed by atoms with Gasteiger partial charge in [-0.1, -0.05) is 12.1 Å². The molecule has 0 saturated carbocycles. The van der Waals surface area contributed by atoms with Gasteiger partial charge in [0.15, 0.2) is 5.78 Å². The molecule has 0 aromatic heterocycles. The second-order valence-electron chi connectivity index (χ2n) is 5.48. The van der Waals surface area contributed by atoms with Gasteiger partial charge in [-0.2, -0.15) is 0 Å². The quantitative estimate of drug-likeness (QED) is 0.498. The number of nitrogens with zero attached hydrogens (tertiary/aromatic N) is 1. The third-order valence-electron chi connectivity index (χ3n) is 3.63. The van der Waals surface area contributed by atoms with Crippen molar-refractivity contribution < 1.29 is 14.8 Å². The Balaban J connectivity index is 2.27. The van der Waals surface area contributed by atoms with Crippen molar-refractivity contribution in [3.05, 3.63) is 62.7 Å². The summed E-state index contributed by atoms with van der Waals surface area (Å²) in [7, 11) is 0. The molecule has 0 amide bonds. The van der Waals surface area contributed by atoms with Crippen LogP contribution in [0, 0.1) is 24.0 Å². The van der Waals surface area contributed by atoms with Crippen molar-refractivity contribution >= 4 is 17.2 Å². The second-order valence-corrected chi connectivity index (χ2v) is 5.48. The van der Waals surface area contributed by atoms with E-state index in [1.165, 1.54) is 19.1 Å². The molecule has 0 spiro atoms. The number of ketones is 1. The molecule has 2 aromatic rings. The molecule has 0 atom stereocenters. The van der Waals surface area contributed by atoms with Crippen LogP contribution in [-0.4, -0.2) is 15.8 Å². The number of aryl methyl sites for hydroxylation is 2. The van der Waals surface area contributed by atoms with Crippen LogP contribution in [0.15, 0.2) is 30.3 Å². The van der Waals surface area contributed by atoms with Crippen LogP contribution in [0.3, 0.4) is 0 Å². The maximum atomic E-state index is 11.4. The Labute approximate surface area is 133 Å². The van der Waals surface area contributed by atoms with E-state index < -0.39 is 4.92 Å². The molecule has 2 rings (SSSR count). The van der Waals surface area contributed by atoms with E-state index >= 15 is 0 Å². The van der Waals surface area contributed by atoms with Gasteiger partial charge in [-0.15, -0.1) is 0 Å². The van der Waals surface area contributed by atoms with E-state index in [-0.39, 0.29) is 17.2 Å². The fraction of sp³-hybridized carbons (Fsp3) is 0.235. The first-order valence-corrected chi connectivity index (χ1v) is 7.12. The van der Waals surface area contributed by atoms with Crippen molar-refractivity contribution in [3.63, 3.8) is 0 Å². The van der Waals surface area contributed by atoms with Gasteiger partial charge >= 0.3 is 0 Å². The SMILES string of the molecule is CC(=O)c1ccc(NCc2cc(C)c(O)c(C)c2)c([N+](=O)[O-])c1. The van der Waals surface area contributed by atoms with Crippen molar-refractivity contribution in [1.29, 1.82) is 0 Å². The van der Waals surface area contributed by atoms with E-state index in [1.807, 2.05) is 12.1 Å². The van der Waals surface area contributed by atoms with E-state index in [2.05, 4.69) is 5.32 Å². The molecule has 0 unspecified atom stereocenters. The Morgan fingerprint density at radius 2 is 1.83 bits per heavy atom. The van der Waals surface area contributed by atoms with E-state index in [9.17, 15) is 20.0 Å². The lowest BCUT2D eigenvalue weighted by Gasteiger charge is -2.11. The molecule has 0 saturated heterocycles. The van der Waals surface area contributed by atoms with Crippen LogP contribution in [0.25, 0.3) is 0 Å². The molecular weight excluding hydrogens is 296 g/mol. The maximum Gasteiger partial charge on any atom is 0.293 e. The van der Waals surface area contributed by atoms with Crippen molar-refractivity contribution in [2.45, 2.75) is 27.3 Å². The highest BCUT2D eigenvalue weighted by Crippen LogP contribution is 2.28. The molecule has 0 fully saturated rings. The summed E-state index contributed by atoms with van der Waals surface area (Å²) < 4.78 is 0. The van der Waals surface area contributed by atoms with Crippen molar-refractivity contribution in [3.8, 4) is 5.75 Å². The fourth-order valence-corrected chi connectivity index (χ4v) is 2.40. The zero-order valence-corrected chi connectivity index (χ0v) is 13.2. The summed E-state index contributed by atoms with van der Waals surface area (Å²) in [5.74, 6) is 0.0370. The number of rotatable bonds is 5. The number of phenolic OH excluding ortho intramolecular Hbond substituents is 1. The predicted octanol–water partition coefficient (Wildman–Crippen LogP) is 3.73. The zero-order chi connectivity index (χ0) is 17.1. The second kappa shape index (κ2) is 6.48. The van der Waals surface area contributed by atoms with Crippen LogP contribution < -0.4 is 5.32 Å².